The first-order valence-electron chi connectivity index (χ1n) is 8.43. The number of unbranched alkanes of at least 4 members (excludes halogenated alkanes) is 2. The summed E-state index contributed by atoms with van der Waals surface area (Å²) >= 11 is 3.29. The molecule has 0 saturated carbocycles. The van der Waals surface area contributed by atoms with E-state index < -0.39 is 11.8 Å². The number of hydrogen-bond donors (Lipinski definition) is 1. The average Bonchev–Trinajstić information content (AvgIpc) is 2.78. The van der Waals surface area contributed by atoms with Crippen LogP contribution in [0.5, 0.6) is 0 Å². The van der Waals surface area contributed by atoms with Crippen molar-refractivity contribution in [2.24, 2.45) is 0 Å². The van der Waals surface area contributed by atoms with Gasteiger partial charge in [0.1, 0.15) is 6.54 Å². The molecule has 0 spiro atoms. The number of nitrogens with one attached hydrogen (secondary N) is 1. The van der Waals surface area contributed by atoms with E-state index in [1.807, 2.05) is 6.92 Å². The lowest BCUT2D eigenvalue weighted by atomic mass is 10.1. The average molecular weight is 395 g/mol. The number of nitrogens with zero attached hydrogens (tertiary/aromatic N) is 1. The zero-order valence-corrected chi connectivity index (χ0v) is 15.7. The van der Waals surface area contributed by atoms with E-state index in [0.717, 1.165) is 41.5 Å². The standard InChI is InChI=1S/C18H23BrN2O3/c1-3-5-6-7-13(4-2)20-16(22)11-21-17(23)14-9-8-12(19)10-15(14)18(21)24/h8-10,13H,3-7,11H2,1-2H3,(H,20,22). The van der Waals surface area contributed by atoms with Gasteiger partial charge in [0.25, 0.3) is 11.8 Å². The molecule has 1 heterocycles. The fraction of sp³-hybridized carbons (Fsp3) is 0.500. The van der Waals surface area contributed by atoms with Crippen LogP contribution in [0.1, 0.15) is 66.7 Å². The summed E-state index contributed by atoms with van der Waals surface area (Å²) in [6.07, 6.45) is 5.10. The van der Waals surface area contributed by atoms with Crippen LogP contribution < -0.4 is 5.32 Å². The van der Waals surface area contributed by atoms with E-state index >= 15 is 0 Å². The number of amides is 3. The highest BCUT2D eigenvalue weighted by Gasteiger charge is 2.36. The minimum absolute atomic E-state index is 0.0911. The van der Waals surface area contributed by atoms with Crippen molar-refractivity contribution in [3.63, 3.8) is 0 Å². The van der Waals surface area contributed by atoms with Crippen molar-refractivity contribution in [1.29, 1.82) is 0 Å². The van der Waals surface area contributed by atoms with Gasteiger partial charge in [-0.3, -0.25) is 19.3 Å². The molecular weight excluding hydrogens is 372 g/mol. The van der Waals surface area contributed by atoms with Crippen molar-refractivity contribution < 1.29 is 14.4 Å². The lowest BCUT2D eigenvalue weighted by molar-refractivity contribution is -0.122. The molecule has 1 unspecified atom stereocenters. The molecule has 1 atom stereocenters. The van der Waals surface area contributed by atoms with E-state index in [1.54, 1.807) is 18.2 Å². The van der Waals surface area contributed by atoms with Gasteiger partial charge < -0.3 is 5.32 Å². The second-order valence-electron chi connectivity index (χ2n) is 6.05. The van der Waals surface area contributed by atoms with Gasteiger partial charge in [0, 0.05) is 10.5 Å². The van der Waals surface area contributed by atoms with Gasteiger partial charge in [0.05, 0.1) is 11.1 Å². The fourth-order valence-electron chi connectivity index (χ4n) is 2.84. The predicted molar refractivity (Wildman–Crippen MR) is 95.9 cm³/mol. The molecule has 0 bridgehead atoms. The Balaban J connectivity index is 1.97. The van der Waals surface area contributed by atoms with Gasteiger partial charge in [-0.15, -0.1) is 0 Å². The van der Waals surface area contributed by atoms with E-state index in [4.69, 9.17) is 0 Å². The second-order valence-corrected chi connectivity index (χ2v) is 6.97. The highest BCUT2D eigenvalue weighted by Crippen LogP contribution is 2.25. The van der Waals surface area contributed by atoms with Gasteiger partial charge in [0.2, 0.25) is 5.91 Å². The molecule has 1 aliphatic rings. The smallest absolute Gasteiger partial charge is 0.262 e. The van der Waals surface area contributed by atoms with E-state index in [-0.39, 0.29) is 18.5 Å². The highest BCUT2D eigenvalue weighted by molar-refractivity contribution is 9.10. The molecule has 130 valence electrons. The van der Waals surface area contributed by atoms with Crippen LogP contribution in [0, 0.1) is 0 Å². The predicted octanol–water partition coefficient (Wildman–Crippen LogP) is 3.52. The SMILES string of the molecule is CCCCCC(CC)NC(=O)CN1C(=O)c2ccc(Br)cc2C1=O. The second kappa shape index (κ2) is 8.42. The number of rotatable bonds is 8. The maximum Gasteiger partial charge on any atom is 0.262 e. The number of carbonyl (C=O) groups excluding carboxylic acids is 3. The van der Waals surface area contributed by atoms with Crippen molar-refractivity contribution in [2.75, 3.05) is 6.54 Å². The molecule has 1 N–H and O–H groups in total. The molecule has 0 radical (unpaired) electrons. The summed E-state index contributed by atoms with van der Waals surface area (Å²) in [6.45, 7) is 3.94. The van der Waals surface area contributed by atoms with E-state index in [1.165, 1.54) is 0 Å². The van der Waals surface area contributed by atoms with Crippen LogP contribution in [0.2, 0.25) is 0 Å². The van der Waals surface area contributed by atoms with Crippen LogP contribution in [0.3, 0.4) is 0 Å². The molecule has 0 aliphatic carbocycles. The van der Waals surface area contributed by atoms with Crippen LogP contribution in [0.25, 0.3) is 0 Å². The number of benzene rings is 1. The summed E-state index contributed by atoms with van der Waals surface area (Å²) in [5.41, 5.74) is 0.697. The summed E-state index contributed by atoms with van der Waals surface area (Å²) in [5.74, 6) is -1.10. The van der Waals surface area contributed by atoms with Gasteiger partial charge >= 0.3 is 0 Å². The van der Waals surface area contributed by atoms with Gasteiger partial charge in [-0.2, -0.15) is 0 Å². The largest absolute Gasteiger partial charge is 0.352 e. The quantitative estimate of drug-likeness (QED) is 0.541. The molecule has 1 aliphatic heterocycles. The Morgan fingerprint density at radius 1 is 1.17 bits per heavy atom. The molecule has 0 aromatic heterocycles. The highest BCUT2D eigenvalue weighted by atomic mass is 79.9. The van der Waals surface area contributed by atoms with Crippen molar-refractivity contribution in [1.82, 2.24) is 10.2 Å². The lowest BCUT2D eigenvalue weighted by Gasteiger charge is -2.19. The third kappa shape index (κ3) is 4.23. The minimum Gasteiger partial charge on any atom is -0.352 e. The zero-order chi connectivity index (χ0) is 17.7. The number of fused-ring (bicyclic) bond motifs is 1. The summed E-state index contributed by atoms with van der Waals surface area (Å²) in [4.78, 5) is 38.0. The molecular formula is C18H23BrN2O3. The maximum atomic E-state index is 12.4. The summed E-state index contributed by atoms with van der Waals surface area (Å²) < 4.78 is 0.732. The van der Waals surface area contributed by atoms with Crippen LogP contribution in [0.15, 0.2) is 22.7 Å². The molecule has 24 heavy (non-hydrogen) atoms. The first-order valence-corrected chi connectivity index (χ1v) is 9.22. The molecule has 0 fully saturated rings. The summed E-state index contributed by atoms with van der Waals surface area (Å²) in [5, 5.41) is 2.94. The van der Waals surface area contributed by atoms with Crippen LogP contribution in [0.4, 0.5) is 0 Å². The number of imide groups is 1. The van der Waals surface area contributed by atoms with Crippen molar-refractivity contribution in [3.8, 4) is 0 Å². The Labute approximate surface area is 150 Å². The molecule has 1 aromatic rings. The monoisotopic (exact) mass is 394 g/mol. The van der Waals surface area contributed by atoms with Crippen LogP contribution in [-0.2, 0) is 4.79 Å². The fourth-order valence-corrected chi connectivity index (χ4v) is 3.20. The lowest BCUT2D eigenvalue weighted by Crippen LogP contribution is -2.43. The van der Waals surface area contributed by atoms with Gasteiger partial charge in [0.15, 0.2) is 0 Å². The third-order valence-corrected chi connectivity index (χ3v) is 4.74. The van der Waals surface area contributed by atoms with E-state index in [0.29, 0.717) is 11.1 Å². The molecule has 1 aromatic carbocycles. The third-order valence-electron chi connectivity index (χ3n) is 4.25. The van der Waals surface area contributed by atoms with Gasteiger partial charge in [-0.25, -0.2) is 0 Å². The Morgan fingerprint density at radius 3 is 2.54 bits per heavy atom. The van der Waals surface area contributed by atoms with Crippen molar-refractivity contribution in [3.05, 3.63) is 33.8 Å². The Bertz CT molecular complexity index is 645. The molecule has 5 nitrogen and oxygen atoms in total. The number of carbonyl (C=O) groups is 3. The molecule has 6 heteroatoms. The van der Waals surface area contributed by atoms with E-state index in [9.17, 15) is 14.4 Å². The molecule has 0 saturated heterocycles. The first-order chi connectivity index (χ1) is 11.5. The summed E-state index contributed by atoms with van der Waals surface area (Å²) in [6, 6.07) is 5.03. The van der Waals surface area contributed by atoms with Gasteiger partial charge in [-0.1, -0.05) is 49.0 Å². The Morgan fingerprint density at radius 2 is 1.88 bits per heavy atom. The van der Waals surface area contributed by atoms with Crippen LogP contribution in [-0.4, -0.2) is 35.2 Å². The van der Waals surface area contributed by atoms with E-state index in [2.05, 4.69) is 28.2 Å². The Hall–Kier alpha value is -1.69. The number of hydrogen-bond acceptors (Lipinski definition) is 3. The van der Waals surface area contributed by atoms with Crippen molar-refractivity contribution in [2.45, 2.75) is 52.0 Å². The van der Waals surface area contributed by atoms with Gasteiger partial charge in [-0.05, 0) is 31.0 Å². The molecule has 2 rings (SSSR count). The minimum atomic E-state index is -0.412. The van der Waals surface area contributed by atoms with Crippen LogP contribution >= 0.6 is 15.9 Å². The topological polar surface area (TPSA) is 66.5 Å². The molecule has 3 amide bonds. The summed E-state index contributed by atoms with van der Waals surface area (Å²) in [7, 11) is 0. The van der Waals surface area contributed by atoms with Crippen molar-refractivity contribution >= 4 is 33.7 Å². The Kier molecular flexibility index (Phi) is 6.54. The normalized spacial score (nSPS) is 14.7. The zero-order valence-electron chi connectivity index (χ0n) is 14.1. The number of halogens is 1. The first kappa shape index (κ1) is 18.6. The maximum absolute atomic E-state index is 12.4.